The maximum Gasteiger partial charge on any atom is 0.270 e. The van der Waals surface area contributed by atoms with Crippen LogP contribution in [0, 0.1) is 19.8 Å². The second kappa shape index (κ2) is 6.88. The van der Waals surface area contributed by atoms with Crippen molar-refractivity contribution in [1.29, 1.82) is 0 Å². The van der Waals surface area contributed by atoms with Crippen LogP contribution in [0.2, 0.25) is 0 Å². The van der Waals surface area contributed by atoms with Crippen molar-refractivity contribution in [3.8, 4) is 0 Å². The Hall–Kier alpha value is -1.34. The van der Waals surface area contributed by atoms with Crippen molar-refractivity contribution in [2.75, 3.05) is 18.1 Å². The minimum absolute atomic E-state index is 0.0352. The standard InChI is InChI=1S/C17H28N2O4S/c1-10(2)8-19(14-6-7-24(22,23)9-14)17(21)16-11(3)15(13(5)20)12(4)18-16/h10,13-14,18,20H,6-9H2,1-5H3/t13-,14+/m1/s1. The van der Waals surface area contributed by atoms with Gasteiger partial charge < -0.3 is 15.0 Å². The third kappa shape index (κ3) is 3.83. The second-order valence-electron chi connectivity index (χ2n) is 7.25. The van der Waals surface area contributed by atoms with Crippen molar-refractivity contribution in [1.82, 2.24) is 9.88 Å². The normalized spacial score (nSPS) is 21.2. The molecule has 136 valence electrons. The van der Waals surface area contributed by atoms with Gasteiger partial charge in [-0.15, -0.1) is 0 Å². The highest BCUT2D eigenvalue weighted by molar-refractivity contribution is 7.91. The van der Waals surface area contributed by atoms with Gasteiger partial charge >= 0.3 is 0 Å². The monoisotopic (exact) mass is 356 g/mol. The summed E-state index contributed by atoms with van der Waals surface area (Å²) in [4.78, 5) is 17.9. The van der Waals surface area contributed by atoms with E-state index in [2.05, 4.69) is 4.98 Å². The van der Waals surface area contributed by atoms with E-state index in [0.29, 0.717) is 18.7 Å². The lowest BCUT2D eigenvalue weighted by atomic mass is 10.0. The number of sulfone groups is 1. The number of aromatic nitrogens is 1. The number of hydrogen-bond donors (Lipinski definition) is 2. The number of carbonyl (C=O) groups excluding carboxylic acids is 1. The van der Waals surface area contributed by atoms with E-state index in [1.807, 2.05) is 27.7 Å². The van der Waals surface area contributed by atoms with E-state index in [-0.39, 0.29) is 29.4 Å². The molecule has 1 aliphatic heterocycles. The fourth-order valence-electron chi connectivity index (χ4n) is 3.56. The fourth-order valence-corrected chi connectivity index (χ4v) is 5.29. The van der Waals surface area contributed by atoms with Crippen LogP contribution >= 0.6 is 0 Å². The van der Waals surface area contributed by atoms with Gasteiger partial charge in [0.15, 0.2) is 9.84 Å². The van der Waals surface area contributed by atoms with E-state index in [9.17, 15) is 18.3 Å². The Kier molecular flexibility index (Phi) is 5.44. The molecule has 2 rings (SSSR count). The predicted octanol–water partition coefficient (Wildman–Crippen LogP) is 1.97. The third-order valence-electron chi connectivity index (χ3n) is 4.60. The van der Waals surface area contributed by atoms with Gasteiger partial charge in [0.1, 0.15) is 5.69 Å². The molecule has 0 unspecified atom stereocenters. The maximum absolute atomic E-state index is 13.1. The zero-order valence-corrected chi connectivity index (χ0v) is 15.9. The first-order valence-corrected chi connectivity index (χ1v) is 10.2. The molecule has 6 nitrogen and oxygen atoms in total. The van der Waals surface area contributed by atoms with Gasteiger partial charge in [-0.1, -0.05) is 13.8 Å². The first-order valence-electron chi connectivity index (χ1n) is 8.42. The molecule has 2 atom stereocenters. The minimum atomic E-state index is -3.06. The summed E-state index contributed by atoms with van der Waals surface area (Å²) in [6.07, 6.45) is -0.170. The van der Waals surface area contributed by atoms with Crippen molar-refractivity contribution in [3.63, 3.8) is 0 Å². The largest absolute Gasteiger partial charge is 0.389 e. The molecule has 1 aromatic rings. The number of aliphatic hydroxyl groups is 1. The van der Waals surface area contributed by atoms with Gasteiger partial charge in [0.2, 0.25) is 0 Å². The summed E-state index contributed by atoms with van der Waals surface area (Å²) in [6, 6.07) is -0.275. The van der Waals surface area contributed by atoms with Gasteiger partial charge in [0.05, 0.1) is 17.6 Å². The van der Waals surface area contributed by atoms with Crippen LogP contribution in [0.4, 0.5) is 0 Å². The molecule has 0 aromatic carbocycles. The zero-order chi connectivity index (χ0) is 18.2. The number of carbonyl (C=O) groups is 1. The molecule has 0 saturated carbocycles. The Morgan fingerprint density at radius 2 is 1.96 bits per heavy atom. The number of H-pyrrole nitrogens is 1. The SMILES string of the molecule is Cc1[nH]c(C(=O)N(CC(C)C)[C@H]2CCS(=O)(=O)C2)c(C)c1[C@@H](C)O. The van der Waals surface area contributed by atoms with Gasteiger partial charge in [-0.05, 0) is 38.7 Å². The number of aromatic amines is 1. The average Bonchev–Trinajstić information content (AvgIpc) is 2.94. The number of amides is 1. The van der Waals surface area contributed by atoms with Crippen LogP contribution in [0.25, 0.3) is 0 Å². The van der Waals surface area contributed by atoms with Gasteiger partial charge in [-0.25, -0.2) is 8.42 Å². The topological polar surface area (TPSA) is 90.5 Å². The minimum Gasteiger partial charge on any atom is -0.389 e. The molecule has 1 amide bonds. The van der Waals surface area contributed by atoms with Crippen LogP contribution in [0.3, 0.4) is 0 Å². The van der Waals surface area contributed by atoms with Crippen molar-refractivity contribution in [2.45, 2.75) is 53.2 Å². The Morgan fingerprint density at radius 3 is 2.38 bits per heavy atom. The van der Waals surface area contributed by atoms with Gasteiger partial charge in [0, 0.05) is 23.8 Å². The number of aliphatic hydroxyl groups excluding tert-OH is 1. The lowest BCUT2D eigenvalue weighted by Gasteiger charge is -2.30. The summed E-state index contributed by atoms with van der Waals surface area (Å²) in [6.45, 7) is 9.86. The molecular formula is C17H28N2O4S. The Labute approximate surface area is 144 Å². The molecule has 0 spiro atoms. The van der Waals surface area contributed by atoms with Crippen LogP contribution in [-0.4, -0.2) is 53.4 Å². The molecule has 2 N–H and O–H groups in total. The highest BCUT2D eigenvalue weighted by atomic mass is 32.2. The van der Waals surface area contributed by atoms with Crippen LogP contribution < -0.4 is 0 Å². The van der Waals surface area contributed by atoms with Crippen LogP contribution in [0.15, 0.2) is 0 Å². The first-order chi connectivity index (χ1) is 11.0. The quantitative estimate of drug-likeness (QED) is 0.844. The number of nitrogens with one attached hydrogen (secondary N) is 1. The predicted molar refractivity (Wildman–Crippen MR) is 93.8 cm³/mol. The van der Waals surface area contributed by atoms with Crippen LogP contribution in [0.1, 0.15) is 60.6 Å². The maximum atomic E-state index is 13.1. The average molecular weight is 356 g/mol. The smallest absolute Gasteiger partial charge is 0.270 e. The lowest BCUT2D eigenvalue weighted by Crippen LogP contribution is -2.43. The van der Waals surface area contributed by atoms with E-state index < -0.39 is 15.9 Å². The summed E-state index contributed by atoms with van der Waals surface area (Å²) in [5.74, 6) is 0.234. The zero-order valence-electron chi connectivity index (χ0n) is 15.1. The van der Waals surface area contributed by atoms with Crippen LogP contribution in [-0.2, 0) is 9.84 Å². The Morgan fingerprint density at radius 1 is 1.33 bits per heavy atom. The molecule has 1 aliphatic rings. The van der Waals surface area contributed by atoms with Crippen molar-refractivity contribution in [3.05, 3.63) is 22.5 Å². The van der Waals surface area contributed by atoms with E-state index in [1.54, 1.807) is 11.8 Å². The van der Waals surface area contributed by atoms with Crippen LogP contribution in [0.5, 0.6) is 0 Å². The highest BCUT2D eigenvalue weighted by Gasteiger charge is 2.36. The summed E-state index contributed by atoms with van der Waals surface area (Å²) in [5, 5.41) is 9.92. The Balaban J connectivity index is 2.37. The fraction of sp³-hybridized carbons (Fsp3) is 0.706. The third-order valence-corrected chi connectivity index (χ3v) is 6.35. The second-order valence-corrected chi connectivity index (χ2v) is 9.48. The van der Waals surface area contributed by atoms with Gasteiger partial charge in [0.25, 0.3) is 5.91 Å². The number of aryl methyl sites for hydroxylation is 1. The highest BCUT2D eigenvalue weighted by Crippen LogP contribution is 2.27. The lowest BCUT2D eigenvalue weighted by molar-refractivity contribution is 0.0666. The molecule has 0 radical (unpaired) electrons. The summed E-state index contributed by atoms with van der Waals surface area (Å²) in [5.41, 5.74) is 2.70. The van der Waals surface area contributed by atoms with E-state index in [1.165, 1.54) is 0 Å². The molecule has 1 saturated heterocycles. The summed E-state index contributed by atoms with van der Waals surface area (Å²) < 4.78 is 23.7. The molecule has 1 fully saturated rings. The molecule has 0 bridgehead atoms. The Bertz CT molecular complexity index is 719. The van der Waals surface area contributed by atoms with E-state index in [4.69, 9.17) is 0 Å². The van der Waals surface area contributed by atoms with Crippen molar-refractivity contribution in [2.24, 2.45) is 5.92 Å². The molecule has 24 heavy (non-hydrogen) atoms. The summed E-state index contributed by atoms with van der Waals surface area (Å²) in [7, 11) is -3.06. The molecular weight excluding hydrogens is 328 g/mol. The number of rotatable bonds is 5. The molecule has 2 heterocycles. The van der Waals surface area contributed by atoms with E-state index >= 15 is 0 Å². The molecule has 1 aromatic heterocycles. The molecule has 7 heteroatoms. The van der Waals surface area contributed by atoms with E-state index in [0.717, 1.165) is 16.8 Å². The van der Waals surface area contributed by atoms with Crippen molar-refractivity contribution >= 4 is 15.7 Å². The first kappa shape index (κ1) is 19.0. The van der Waals surface area contributed by atoms with Crippen molar-refractivity contribution < 1.29 is 18.3 Å². The summed E-state index contributed by atoms with van der Waals surface area (Å²) >= 11 is 0. The number of hydrogen-bond acceptors (Lipinski definition) is 4. The van der Waals surface area contributed by atoms with Gasteiger partial charge in [-0.2, -0.15) is 0 Å². The van der Waals surface area contributed by atoms with Gasteiger partial charge in [-0.3, -0.25) is 4.79 Å². The number of nitrogens with zero attached hydrogens (tertiary/aromatic N) is 1. The molecule has 0 aliphatic carbocycles.